The summed E-state index contributed by atoms with van der Waals surface area (Å²) in [5, 5.41) is 5.04. The van der Waals surface area contributed by atoms with E-state index in [1.165, 1.54) is 17.4 Å². The fourth-order valence-electron chi connectivity index (χ4n) is 4.30. The Labute approximate surface area is 176 Å². The molecule has 3 fully saturated rings. The van der Waals surface area contributed by atoms with Crippen molar-refractivity contribution in [3.63, 3.8) is 0 Å². The lowest BCUT2D eigenvalue weighted by Gasteiger charge is -2.48. The Kier molecular flexibility index (Phi) is 5.59. The Hall–Kier alpha value is -2.39. The predicted molar refractivity (Wildman–Crippen MR) is 109 cm³/mol. The number of para-hydroxylation sites is 1. The molecule has 1 aromatic carbocycles. The molecule has 2 bridgehead atoms. The highest BCUT2D eigenvalue weighted by Gasteiger charge is 2.40. The second-order valence-electron chi connectivity index (χ2n) is 7.87. The number of thiophene rings is 1. The van der Waals surface area contributed by atoms with E-state index < -0.39 is 12.1 Å². The maximum absolute atomic E-state index is 12.8. The number of piperidine rings is 3. The fraction of sp³-hybridized carbons (Fsp3) is 0.429. The molecule has 0 radical (unpaired) electrons. The lowest BCUT2D eigenvalue weighted by Crippen LogP contribution is -2.60. The third-order valence-electron chi connectivity index (χ3n) is 5.90. The topological polar surface area (TPSA) is 61.4 Å². The minimum absolute atomic E-state index is 0.0556. The Bertz CT molecular complexity index is 959. The number of carbonyl (C=O) groups is 2. The van der Waals surface area contributed by atoms with Crippen molar-refractivity contribution in [3.05, 3.63) is 41.3 Å². The van der Waals surface area contributed by atoms with Gasteiger partial charge in [-0.3, -0.25) is 14.5 Å². The van der Waals surface area contributed by atoms with Crippen LogP contribution in [0.2, 0.25) is 0 Å². The molecule has 1 aromatic heterocycles. The molecule has 9 heteroatoms. The van der Waals surface area contributed by atoms with Gasteiger partial charge in [-0.1, -0.05) is 18.2 Å². The molecule has 2 N–H and O–H groups in total. The number of anilines is 1. The second kappa shape index (κ2) is 8.03. The van der Waals surface area contributed by atoms with Crippen LogP contribution in [0.15, 0.2) is 36.4 Å². The van der Waals surface area contributed by atoms with Gasteiger partial charge >= 0.3 is 12.1 Å². The summed E-state index contributed by atoms with van der Waals surface area (Å²) < 4.78 is 37.9. The van der Waals surface area contributed by atoms with Gasteiger partial charge in [-0.2, -0.15) is 13.2 Å². The van der Waals surface area contributed by atoms with Gasteiger partial charge < -0.3 is 10.6 Å². The van der Waals surface area contributed by atoms with Gasteiger partial charge in [0, 0.05) is 34.8 Å². The number of nitrogens with one attached hydrogen (secondary N) is 2. The van der Waals surface area contributed by atoms with Crippen LogP contribution in [0.3, 0.4) is 0 Å². The zero-order chi connectivity index (χ0) is 21.5. The fourth-order valence-corrected chi connectivity index (χ4v) is 5.25. The molecule has 5 nitrogen and oxygen atoms in total. The lowest BCUT2D eigenvalue weighted by atomic mass is 9.80. The van der Waals surface area contributed by atoms with E-state index in [1.54, 1.807) is 30.3 Å². The van der Waals surface area contributed by atoms with E-state index in [0.717, 1.165) is 25.9 Å². The molecule has 3 aliphatic rings. The Morgan fingerprint density at radius 2 is 1.93 bits per heavy atom. The molecule has 30 heavy (non-hydrogen) atoms. The standard InChI is InChI=1S/C21H22F3N3O2S/c1-12-10-13-8-9-27(12)11-16(13)25-19(28)18-7-6-17(30-18)14-4-2-3-5-15(14)26-20(29)21(22,23)24/h2-7,12-13,16H,8-11H2,1H3,(H,25,28)(H,26,29)/t12?,13?,16-/m0/s1. The van der Waals surface area contributed by atoms with E-state index in [9.17, 15) is 22.8 Å². The van der Waals surface area contributed by atoms with Crippen LogP contribution in [0.5, 0.6) is 0 Å². The highest BCUT2D eigenvalue weighted by Crippen LogP contribution is 2.35. The molecule has 2 amide bonds. The normalized spacial score (nSPS) is 25.7. The van der Waals surface area contributed by atoms with Gasteiger partial charge in [0.1, 0.15) is 0 Å². The molecular formula is C21H22F3N3O2S. The quantitative estimate of drug-likeness (QED) is 0.756. The van der Waals surface area contributed by atoms with Crippen molar-refractivity contribution < 1.29 is 22.8 Å². The van der Waals surface area contributed by atoms with E-state index in [1.807, 2.05) is 5.32 Å². The Balaban J connectivity index is 1.48. The number of alkyl halides is 3. The van der Waals surface area contributed by atoms with Gasteiger partial charge in [-0.25, -0.2) is 0 Å². The van der Waals surface area contributed by atoms with Crippen LogP contribution in [0.4, 0.5) is 18.9 Å². The maximum Gasteiger partial charge on any atom is 0.471 e. The van der Waals surface area contributed by atoms with Crippen molar-refractivity contribution in [2.45, 2.75) is 38.0 Å². The number of hydrogen-bond donors (Lipinski definition) is 2. The van der Waals surface area contributed by atoms with Crippen LogP contribution in [-0.2, 0) is 4.79 Å². The lowest BCUT2D eigenvalue weighted by molar-refractivity contribution is -0.167. The molecule has 5 rings (SSSR count). The number of hydrogen-bond acceptors (Lipinski definition) is 4. The SMILES string of the molecule is CC1CC2CCN1C[C@@H]2NC(=O)c1ccc(-c2ccccc2NC(=O)C(F)(F)F)s1. The van der Waals surface area contributed by atoms with Crippen LogP contribution < -0.4 is 10.6 Å². The minimum atomic E-state index is -4.97. The van der Waals surface area contributed by atoms with Crippen molar-refractivity contribution >= 4 is 28.8 Å². The average Bonchev–Trinajstić information content (AvgIpc) is 3.19. The van der Waals surface area contributed by atoms with Gasteiger partial charge in [0.05, 0.1) is 4.88 Å². The number of fused-ring (bicyclic) bond motifs is 3. The number of nitrogens with zero attached hydrogens (tertiary/aromatic N) is 1. The van der Waals surface area contributed by atoms with Gasteiger partial charge in [0.15, 0.2) is 0 Å². The van der Waals surface area contributed by atoms with Crippen molar-refractivity contribution in [3.8, 4) is 10.4 Å². The molecule has 0 spiro atoms. The summed E-state index contributed by atoms with van der Waals surface area (Å²) in [5.41, 5.74) is 0.496. The monoisotopic (exact) mass is 437 g/mol. The van der Waals surface area contributed by atoms with Crippen LogP contribution in [0, 0.1) is 5.92 Å². The first-order valence-electron chi connectivity index (χ1n) is 9.84. The number of rotatable bonds is 4. The van der Waals surface area contributed by atoms with Gasteiger partial charge in [-0.15, -0.1) is 11.3 Å². The number of benzene rings is 1. The summed E-state index contributed by atoms with van der Waals surface area (Å²) >= 11 is 1.19. The maximum atomic E-state index is 12.8. The van der Waals surface area contributed by atoms with Crippen molar-refractivity contribution in [2.75, 3.05) is 18.4 Å². The van der Waals surface area contributed by atoms with Crippen LogP contribution in [0.25, 0.3) is 10.4 Å². The molecule has 3 unspecified atom stereocenters. The van der Waals surface area contributed by atoms with Crippen molar-refractivity contribution in [1.29, 1.82) is 0 Å². The first-order valence-corrected chi connectivity index (χ1v) is 10.7. The van der Waals surface area contributed by atoms with E-state index in [4.69, 9.17) is 0 Å². The molecule has 4 atom stereocenters. The van der Waals surface area contributed by atoms with Crippen LogP contribution >= 0.6 is 11.3 Å². The summed E-state index contributed by atoms with van der Waals surface area (Å²) in [5.74, 6) is -1.72. The first kappa shape index (κ1) is 20.9. The third kappa shape index (κ3) is 4.22. The van der Waals surface area contributed by atoms with E-state index >= 15 is 0 Å². The smallest absolute Gasteiger partial charge is 0.347 e. The number of amides is 2. The Morgan fingerprint density at radius 3 is 2.60 bits per heavy atom. The number of carbonyl (C=O) groups excluding carboxylic acids is 2. The summed E-state index contributed by atoms with van der Waals surface area (Å²) in [6.07, 6.45) is -2.81. The van der Waals surface area contributed by atoms with E-state index in [0.29, 0.717) is 27.3 Å². The zero-order valence-electron chi connectivity index (χ0n) is 16.3. The van der Waals surface area contributed by atoms with Crippen LogP contribution in [0.1, 0.15) is 29.4 Å². The average molecular weight is 437 g/mol. The van der Waals surface area contributed by atoms with E-state index in [2.05, 4.69) is 17.1 Å². The highest BCUT2D eigenvalue weighted by atomic mass is 32.1. The molecule has 160 valence electrons. The highest BCUT2D eigenvalue weighted by molar-refractivity contribution is 7.17. The van der Waals surface area contributed by atoms with Gasteiger partial charge in [-0.05, 0) is 50.4 Å². The third-order valence-corrected chi connectivity index (χ3v) is 7.02. The van der Waals surface area contributed by atoms with Crippen LogP contribution in [-0.4, -0.2) is 48.1 Å². The predicted octanol–water partition coefficient (Wildman–Crippen LogP) is 4.13. The second-order valence-corrected chi connectivity index (χ2v) is 8.95. The van der Waals surface area contributed by atoms with Gasteiger partial charge in [0.2, 0.25) is 0 Å². The molecule has 4 heterocycles. The molecular weight excluding hydrogens is 415 g/mol. The largest absolute Gasteiger partial charge is 0.471 e. The van der Waals surface area contributed by atoms with Gasteiger partial charge in [0.25, 0.3) is 5.91 Å². The zero-order valence-corrected chi connectivity index (χ0v) is 17.1. The summed E-state index contributed by atoms with van der Waals surface area (Å²) in [7, 11) is 0. The summed E-state index contributed by atoms with van der Waals surface area (Å²) in [6, 6.07) is 10.3. The molecule has 0 aliphatic carbocycles. The number of halogens is 3. The molecule has 3 aliphatic heterocycles. The van der Waals surface area contributed by atoms with Crippen molar-refractivity contribution in [2.24, 2.45) is 5.92 Å². The summed E-state index contributed by atoms with van der Waals surface area (Å²) in [6.45, 7) is 4.13. The molecule has 0 saturated carbocycles. The Morgan fingerprint density at radius 1 is 1.17 bits per heavy atom. The molecule has 2 aromatic rings. The van der Waals surface area contributed by atoms with E-state index in [-0.39, 0.29) is 17.6 Å². The molecule has 3 saturated heterocycles. The van der Waals surface area contributed by atoms with Crippen molar-refractivity contribution in [1.82, 2.24) is 10.2 Å². The minimum Gasteiger partial charge on any atom is -0.347 e. The summed E-state index contributed by atoms with van der Waals surface area (Å²) in [4.78, 5) is 27.6. The first-order chi connectivity index (χ1) is 14.2.